The van der Waals surface area contributed by atoms with Gasteiger partial charge in [-0.05, 0) is 18.1 Å². The second-order valence-electron chi connectivity index (χ2n) is 2.22. The van der Waals surface area contributed by atoms with E-state index in [0.717, 1.165) is 5.69 Å². The lowest BCUT2D eigenvalue weighted by Gasteiger charge is -1.90. The molecule has 0 amide bonds. The van der Waals surface area contributed by atoms with Gasteiger partial charge < -0.3 is 5.73 Å². The number of nitrogens with two attached hydrogens (primary N) is 1. The van der Waals surface area contributed by atoms with Crippen LogP contribution in [0.3, 0.4) is 0 Å². The van der Waals surface area contributed by atoms with E-state index in [1.165, 1.54) is 0 Å². The van der Waals surface area contributed by atoms with Crippen LogP contribution in [0, 0.1) is 11.8 Å². The van der Waals surface area contributed by atoms with Crippen LogP contribution >= 0.6 is 11.6 Å². The molecule has 0 radical (unpaired) electrons. The summed E-state index contributed by atoms with van der Waals surface area (Å²) in [5, 5.41) is 0. The second-order valence-corrected chi connectivity index (χ2v) is 2.60. The normalized spacial score (nSPS) is 8.75. The van der Waals surface area contributed by atoms with E-state index in [1.807, 2.05) is 0 Å². The van der Waals surface area contributed by atoms with Crippen LogP contribution in [0.4, 0.5) is 5.69 Å². The van der Waals surface area contributed by atoms with Crippen LogP contribution < -0.4 is 5.73 Å². The number of nitrogen functional groups attached to an aromatic ring is 1. The molecule has 2 N–H and O–H groups in total. The minimum atomic E-state index is 0.558. The lowest BCUT2D eigenvalue weighted by Crippen LogP contribution is -1.87. The fraction of sp³-hybridized carbons (Fsp3) is 0.222. The van der Waals surface area contributed by atoms with Gasteiger partial charge in [-0.3, -0.25) is 0 Å². The zero-order valence-electron chi connectivity index (χ0n) is 6.55. The summed E-state index contributed by atoms with van der Waals surface area (Å²) in [7, 11) is 0. The third kappa shape index (κ3) is 2.81. The Hall–Kier alpha value is -1.20. The number of aromatic nitrogens is 1. The molecule has 0 atom stereocenters. The summed E-state index contributed by atoms with van der Waals surface area (Å²) < 4.78 is 0. The molecular weight excluding hydrogens is 172 g/mol. The van der Waals surface area contributed by atoms with Crippen molar-refractivity contribution in [2.24, 2.45) is 0 Å². The molecule has 0 aliphatic rings. The van der Waals surface area contributed by atoms with Crippen LogP contribution in [0.25, 0.3) is 0 Å². The summed E-state index contributed by atoms with van der Waals surface area (Å²) in [6.07, 6.45) is 2.28. The van der Waals surface area contributed by atoms with Gasteiger partial charge in [0.1, 0.15) is 5.69 Å². The Balaban J connectivity index is 2.66. The molecule has 0 unspecified atom stereocenters. The molecule has 0 saturated carbocycles. The molecule has 0 aliphatic carbocycles. The van der Waals surface area contributed by atoms with Crippen molar-refractivity contribution in [2.75, 3.05) is 11.6 Å². The van der Waals surface area contributed by atoms with Crippen LogP contribution in [0.1, 0.15) is 12.1 Å². The minimum Gasteiger partial charge on any atom is -0.397 e. The summed E-state index contributed by atoms with van der Waals surface area (Å²) in [5.41, 5.74) is 6.83. The van der Waals surface area contributed by atoms with Crippen molar-refractivity contribution in [3.05, 3.63) is 24.0 Å². The molecule has 0 fully saturated rings. The zero-order valence-corrected chi connectivity index (χ0v) is 7.30. The molecule has 0 spiro atoms. The van der Waals surface area contributed by atoms with Gasteiger partial charge in [-0.15, -0.1) is 11.6 Å². The first kappa shape index (κ1) is 8.89. The summed E-state index contributed by atoms with van der Waals surface area (Å²) >= 11 is 5.45. The predicted molar refractivity (Wildman–Crippen MR) is 50.9 cm³/mol. The van der Waals surface area contributed by atoms with Crippen molar-refractivity contribution < 1.29 is 0 Å². The van der Waals surface area contributed by atoms with Gasteiger partial charge in [0.15, 0.2) is 0 Å². The highest BCUT2D eigenvalue weighted by atomic mass is 35.5. The Labute approximate surface area is 76.8 Å². The largest absolute Gasteiger partial charge is 0.397 e. The van der Waals surface area contributed by atoms with Crippen molar-refractivity contribution in [1.29, 1.82) is 0 Å². The van der Waals surface area contributed by atoms with E-state index in [4.69, 9.17) is 17.3 Å². The lowest BCUT2D eigenvalue weighted by atomic mass is 10.3. The van der Waals surface area contributed by atoms with Gasteiger partial charge in [0.25, 0.3) is 0 Å². The molecule has 3 heteroatoms. The van der Waals surface area contributed by atoms with E-state index >= 15 is 0 Å². The zero-order chi connectivity index (χ0) is 8.81. The Morgan fingerprint density at radius 3 is 2.92 bits per heavy atom. The number of nitrogens with zero attached hydrogens (tertiary/aromatic N) is 1. The number of halogens is 1. The Kier molecular flexibility index (Phi) is 3.43. The maximum atomic E-state index is 5.45. The molecule has 0 aromatic carbocycles. The fourth-order valence-electron chi connectivity index (χ4n) is 0.680. The average Bonchev–Trinajstić information content (AvgIpc) is 2.09. The molecular formula is C9H9ClN2. The number of hydrogen-bond acceptors (Lipinski definition) is 2. The number of pyridine rings is 1. The number of anilines is 1. The molecule has 12 heavy (non-hydrogen) atoms. The number of rotatable bonds is 1. The molecule has 1 rings (SSSR count). The van der Waals surface area contributed by atoms with Crippen molar-refractivity contribution in [3.8, 4) is 11.8 Å². The molecule has 0 aliphatic heterocycles. The van der Waals surface area contributed by atoms with E-state index in [1.54, 1.807) is 18.3 Å². The summed E-state index contributed by atoms with van der Waals surface area (Å²) in [5.74, 6) is 6.31. The van der Waals surface area contributed by atoms with Crippen molar-refractivity contribution in [3.63, 3.8) is 0 Å². The first-order valence-electron chi connectivity index (χ1n) is 3.59. The standard InChI is InChI=1S/C9H9ClN2/c10-6-2-1-3-9-5-4-8(11)7-12-9/h4-5,7H,2,6,11H2. The SMILES string of the molecule is Nc1ccc(C#CCCCl)nc1. The molecule has 0 saturated heterocycles. The molecule has 1 aromatic heterocycles. The Morgan fingerprint density at radius 1 is 1.50 bits per heavy atom. The summed E-state index contributed by atoms with van der Waals surface area (Å²) in [6.45, 7) is 0. The summed E-state index contributed by atoms with van der Waals surface area (Å²) in [6, 6.07) is 3.56. The van der Waals surface area contributed by atoms with Crippen LogP contribution in [0.15, 0.2) is 18.3 Å². The Morgan fingerprint density at radius 2 is 2.33 bits per heavy atom. The minimum absolute atomic E-state index is 0.558. The molecule has 0 bridgehead atoms. The van der Waals surface area contributed by atoms with Crippen molar-refractivity contribution in [2.45, 2.75) is 6.42 Å². The maximum absolute atomic E-state index is 5.45. The predicted octanol–water partition coefficient (Wildman–Crippen LogP) is 1.64. The van der Waals surface area contributed by atoms with E-state index in [9.17, 15) is 0 Å². The first-order chi connectivity index (χ1) is 5.83. The van der Waals surface area contributed by atoms with Crippen molar-refractivity contribution in [1.82, 2.24) is 4.98 Å². The molecule has 1 aromatic rings. The van der Waals surface area contributed by atoms with Gasteiger partial charge in [0.05, 0.1) is 11.9 Å². The Bertz CT molecular complexity index is 295. The van der Waals surface area contributed by atoms with Crippen molar-refractivity contribution >= 4 is 17.3 Å². The van der Waals surface area contributed by atoms with Crippen LogP contribution in [0.2, 0.25) is 0 Å². The lowest BCUT2D eigenvalue weighted by molar-refractivity contribution is 1.26. The van der Waals surface area contributed by atoms with Gasteiger partial charge in [0, 0.05) is 12.3 Å². The first-order valence-corrected chi connectivity index (χ1v) is 4.13. The molecule has 1 heterocycles. The van der Waals surface area contributed by atoms with E-state index in [2.05, 4.69) is 16.8 Å². The van der Waals surface area contributed by atoms with E-state index in [-0.39, 0.29) is 0 Å². The highest BCUT2D eigenvalue weighted by molar-refractivity contribution is 6.18. The fourth-order valence-corrected chi connectivity index (χ4v) is 0.774. The van der Waals surface area contributed by atoms with E-state index in [0.29, 0.717) is 18.0 Å². The highest BCUT2D eigenvalue weighted by Crippen LogP contribution is 1.99. The van der Waals surface area contributed by atoms with Gasteiger partial charge >= 0.3 is 0 Å². The van der Waals surface area contributed by atoms with E-state index < -0.39 is 0 Å². The van der Waals surface area contributed by atoms with Crippen LogP contribution in [0.5, 0.6) is 0 Å². The third-order valence-corrected chi connectivity index (χ3v) is 1.41. The third-order valence-electron chi connectivity index (χ3n) is 1.22. The smallest absolute Gasteiger partial charge is 0.113 e. The van der Waals surface area contributed by atoms with Gasteiger partial charge in [-0.2, -0.15) is 0 Å². The monoisotopic (exact) mass is 180 g/mol. The molecule has 2 nitrogen and oxygen atoms in total. The number of alkyl halides is 1. The topological polar surface area (TPSA) is 38.9 Å². The van der Waals surface area contributed by atoms with Gasteiger partial charge in [-0.1, -0.05) is 5.92 Å². The quantitative estimate of drug-likeness (QED) is 0.527. The number of hydrogen-bond donors (Lipinski definition) is 1. The summed E-state index contributed by atoms with van der Waals surface area (Å²) in [4.78, 5) is 4.01. The highest BCUT2D eigenvalue weighted by Gasteiger charge is 1.86. The maximum Gasteiger partial charge on any atom is 0.113 e. The van der Waals surface area contributed by atoms with Gasteiger partial charge in [0.2, 0.25) is 0 Å². The molecule has 62 valence electrons. The average molecular weight is 181 g/mol. The second kappa shape index (κ2) is 4.63. The van der Waals surface area contributed by atoms with Crippen LogP contribution in [-0.4, -0.2) is 10.9 Å². The van der Waals surface area contributed by atoms with Crippen LogP contribution in [-0.2, 0) is 0 Å². The van der Waals surface area contributed by atoms with Gasteiger partial charge in [-0.25, -0.2) is 4.98 Å².